The summed E-state index contributed by atoms with van der Waals surface area (Å²) in [4.78, 5) is 12.4. The quantitative estimate of drug-likeness (QED) is 0.845. The minimum absolute atomic E-state index is 0. The van der Waals surface area contributed by atoms with Crippen LogP contribution in [0, 0.1) is 5.92 Å². The Morgan fingerprint density at radius 1 is 1.32 bits per heavy atom. The average molecular weight is 327 g/mol. The first-order valence-corrected chi connectivity index (χ1v) is 7.81. The van der Waals surface area contributed by atoms with E-state index >= 15 is 0 Å². The van der Waals surface area contributed by atoms with Crippen LogP contribution >= 0.6 is 12.4 Å². The predicted octanol–water partition coefficient (Wildman–Crippen LogP) is 2.82. The normalized spacial score (nSPS) is 22.2. The van der Waals surface area contributed by atoms with Crippen LogP contribution in [0.3, 0.4) is 0 Å². The van der Waals surface area contributed by atoms with Gasteiger partial charge in [0.25, 0.3) is 0 Å². The summed E-state index contributed by atoms with van der Waals surface area (Å²) in [6.07, 6.45) is 2.23. The van der Waals surface area contributed by atoms with Crippen molar-refractivity contribution >= 4 is 18.3 Å². The van der Waals surface area contributed by atoms with E-state index in [1.54, 1.807) is 0 Å². The van der Waals surface area contributed by atoms with Gasteiger partial charge in [-0.2, -0.15) is 0 Å². The monoisotopic (exact) mass is 326 g/mol. The number of halogens is 1. The number of nitrogens with two attached hydrogens (primary N) is 1. The summed E-state index contributed by atoms with van der Waals surface area (Å²) in [5.41, 5.74) is 6.74. The Kier molecular flexibility index (Phi) is 7.87. The molecule has 3 N–H and O–H groups in total. The van der Waals surface area contributed by atoms with Crippen molar-refractivity contribution in [3.8, 4) is 0 Å². The predicted molar refractivity (Wildman–Crippen MR) is 91.0 cm³/mol. The molecule has 1 aliphatic rings. The minimum Gasteiger partial charge on any atom is -0.364 e. The third-order valence-electron chi connectivity index (χ3n) is 3.89. The SMILES string of the molecule is CC(C)CC(NC(=O)[C@@H]1CC[C@H](CN)O1)c1ccccc1.Cl. The van der Waals surface area contributed by atoms with Gasteiger partial charge in [-0.05, 0) is 30.7 Å². The summed E-state index contributed by atoms with van der Waals surface area (Å²) >= 11 is 0. The second-order valence-corrected chi connectivity index (χ2v) is 6.16. The Balaban J connectivity index is 0.00000242. The minimum atomic E-state index is -0.350. The van der Waals surface area contributed by atoms with E-state index < -0.39 is 0 Å². The second kappa shape index (κ2) is 9.13. The van der Waals surface area contributed by atoms with Crippen molar-refractivity contribution in [3.63, 3.8) is 0 Å². The van der Waals surface area contributed by atoms with Crippen LogP contribution in [0.5, 0.6) is 0 Å². The molecule has 0 aliphatic carbocycles. The smallest absolute Gasteiger partial charge is 0.249 e. The fraction of sp³-hybridized carbons (Fsp3) is 0.588. The van der Waals surface area contributed by atoms with Crippen LogP contribution in [0.1, 0.15) is 44.7 Å². The Morgan fingerprint density at radius 3 is 2.55 bits per heavy atom. The molecule has 0 aromatic heterocycles. The summed E-state index contributed by atoms with van der Waals surface area (Å²) in [7, 11) is 0. The Hall–Kier alpha value is -1.10. The fourth-order valence-electron chi connectivity index (χ4n) is 2.77. The molecule has 4 nitrogen and oxygen atoms in total. The summed E-state index contributed by atoms with van der Waals surface area (Å²) in [5.74, 6) is 0.497. The Bertz CT molecular complexity index is 453. The molecule has 22 heavy (non-hydrogen) atoms. The van der Waals surface area contributed by atoms with Crippen molar-refractivity contribution in [2.24, 2.45) is 11.7 Å². The van der Waals surface area contributed by atoms with Crippen molar-refractivity contribution in [3.05, 3.63) is 35.9 Å². The molecule has 1 saturated heterocycles. The molecule has 0 radical (unpaired) electrons. The summed E-state index contributed by atoms with van der Waals surface area (Å²) in [6.45, 7) is 4.81. The maximum atomic E-state index is 12.4. The van der Waals surface area contributed by atoms with Crippen LogP contribution in [-0.4, -0.2) is 24.7 Å². The van der Waals surface area contributed by atoms with Gasteiger partial charge in [-0.3, -0.25) is 4.79 Å². The molecule has 1 aromatic rings. The van der Waals surface area contributed by atoms with Crippen LogP contribution in [0.15, 0.2) is 30.3 Å². The first kappa shape index (κ1) is 18.9. The molecule has 1 aromatic carbocycles. The highest BCUT2D eigenvalue weighted by molar-refractivity contribution is 5.85. The highest BCUT2D eigenvalue weighted by Crippen LogP contribution is 2.24. The molecular weight excluding hydrogens is 300 g/mol. The summed E-state index contributed by atoms with van der Waals surface area (Å²) in [6, 6.07) is 10.2. The highest BCUT2D eigenvalue weighted by atomic mass is 35.5. The molecule has 0 bridgehead atoms. The van der Waals surface area contributed by atoms with E-state index in [1.165, 1.54) is 0 Å². The van der Waals surface area contributed by atoms with Gasteiger partial charge in [0, 0.05) is 6.54 Å². The number of hydrogen-bond donors (Lipinski definition) is 2. The lowest BCUT2D eigenvalue weighted by Gasteiger charge is -2.23. The maximum Gasteiger partial charge on any atom is 0.249 e. The van der Waals surface area contributed by atoms with Crippen LogP contribution in [-0.2, 0) is 9.53 Å². The second-order valence-electron chi connectivity index (χ2n) is 6.16. The number of amides is 1. The molecule has 124 valence electrons. The fourth-order valence-corrected chi connectivity index (χ4v) is 2.77. The van der Waals surface area contributed by atoms with Gasteiger partial charge in [0.2, 0.25) is 5.91 Å². The first-order valence-electron chi connectivity index (χ1n) is 7.81. The van der Waals surface area contributed by atoms with Gasteiger partial charge in [-0.15, -0.1) is 12.4 Å². The van der Waals surface area contributed by atoms with Crippen LogP contribution in [0.25, 0.3) is 0 Å². The van der Waals surface area contributed by atoms with Gasteiger partial charge < -0.3 is 15.8 Å². The van der Waals surface area contributed by atoms with E-state index in [1.807, 2.05) is 18.2 Å². The van der Waals surface area contributed by atoms with E-state index in [-0.39, 0.29) is 36.6 Å². The molecule has 1 fully saturated rings. The lowest BCUT2D eigenvalue weighted by molar-refractivity contribution is -0.132. The van der Waals surface area contributed by atoms with Crippen LogP contribution < -0.4 is 11.1 Å². The van der Waals surface area contributed by atoms with Crippen molar-refractivity contribution in [1.82, 2.24) is 5.32 Å². The zero-order chi connectivity index (χ0) is 15.2. The van der Waals surface area contributed by atoms with Gasteiger partial charge in [0.15, 0.2) is 0 Å². The number of ether oxygens (including phenoxy) is 1. The molecule has 1 aliphatic heterocycles. The van der Waals surface area contributed by atoms with Gasteiger partial charge in [-0.1, -0.05) is 44.2 Å². The van der Waals surface area contributed by atoms with Gasteiger partial charge in [0.05, 0.1) is 12.1 Å². The first-order chi connectivity index (χ1) is 10.1. The zero-order valence-corrected chi connectivity index (χ0v) is 14.1. The summed E-state index contributed by atoms with van der Waals surface area (Å²) in [5, 5.41) is 3.15. The van der Waals surface area contributed by atoms with Crippen LogP contribution in [0.4, 0.5) is 0 Å². The van der Waals surface area contributed by atoms with Crippen LogP contribution in [0.2, 0.25) is 0 Å². The van der Waals surface area contributed by atoms with E-state index in [0.29, 0.717) is 12.5 Å². The largest absolute Gasteiger partial charge is 0.364 e. The number of carbonyl (C=O) groups is 1. The van der Waals surface area contributed by atoms with E-state index in [4.69, 9.17) is 10.5 Å². The van der Waals surface area contributed by atoms with Crippen molar-refractivity contribution < 1.29 is 9.53 Å². The Morgan fingerprint density at radius 2 is 2.00 bits per heavy atom. The number of hydrogen-bond acceptors (Lipinski definition) is 3. The molecule has 1 unspecified atom stereocenters. The molecule has 0 saturated carbocycles. The topological polar surface area (TPSA) is 64.4 Å². The third kappa shape index (κ3) is 5.27. The molecule has 5 heteroatoms. The molecule has 2 rings (SSSR count). The standard InChI is InChI=1S/C17H26N2O2.ClH/c1-12(2)10-15(13-6-4-3-5-7-13)19-17(20)16-9-8-14(11-18)21-16;/h3-7,12,14-16H,8-11,18H2,1-2H3,(H,19,20);1H/t14-,15?,16+;/m1./s1. The van der Waals surface area contributed by atoms with Gasteiger partial charge in [-0.25, -0.2) is 0 Å². The maximum absolute atomic E-state index is 12.4. The Labute approximate surface area is 139 Å². The molecule has 1 heterocycles. The van der Waals surface area contributed by atoms with Crippen molar-refractivity contribution in [2.75, 3.05) is 6.54 Å². The van der Waals surface area contributed by atoms with Crippen molar-refractivity contribution in [2.45, 2.75) is 51.4 Å². The molecule has 3 atom stereocenters. The summed E-state index contributed by atoms with van der Waals surface area (Å²) < 4.78 is 5.68. The lowest BCUT2D eigenvalue weighted by Crippen LogP contribution is -2.38. The zero-order valence-electron chi connectivity index (χ0n) is 13.3. The van der Waals surface area contributed by atoms with Gasteiger partial charge >= 0.3 is 0 Å². The average Bonchev–Trinajstić information content (AvgIpc) is 2.96. The van der Waals surface area contributed by atoms with E-state index in [9.17, 15) is 4.79 Å². The molecule has 1 amide bonds. The third-order valence-corrected chi connectivity index (χ3v) is 3.89. The number of carbonyl (C=O) groups excluding carboxylic acids is 1. The number of rotatable bonds is 6. The number of benzene rings is 1. The van der Waals surface area contributed by atoms with E-state index in [2.05, 4.69) is 31.3 Å². The lowest BCUT2D eigenvalue weighted by atomic mass is 9.96. The molecular formula is C17H27ClN2O2. The highest BCUT2D eigenvalue weighted by Gasteiger charge is 2.31. The molecule has 0 spiro atoms. The van der Waals surface area contributed by atoms with Crippen molar-refractivity contribution in [1.29, 1.82) is 0 Å². The van der Waals surface area contributed by atoms with Gasteiger partial charge in [0.1, 0.15) is 6.10 Å². The number of nitrogens with one attached hydrogen (secondary N) is 1. The van der Waals surface area contributed by atoms with E-state index in [0.717, 1.165) is 24.8 Å².